The molecule has 0 aliphatic carbocycles. The zero-order valence-corrected chi connectivity index (χ0v) is 12.1. The van der Waals surface area contributed by atoms with Crippen LogP contribution in [0.4, 0.5) is 0 Å². The third-order valence-corrected chi connectivity index (χ3v) is 4.03. The SMILES string of the molecule is COC(=O)c1cc(S(=O)(=O)NCCCC(N)=O)ccc1O. The number of rotatable bonds is 7. The summed E-state index contributed by atoms with van der Waals surface area (Å²) in [6, 6.07) is 3.25. The molecule has 9 heteroatoms. The van der Waals surface area contributed by atoms with Crippen LogP contribution in [0.15, 0.2) is 23.1 Å². The number of methoxy groups -OCH3 is 1. The monoisotopic (exact) mass is 316 g/mol. The Bertz CT molecular complexity index is 641. The normalized spacial score (nSPS) is 11.1. The number of phenols is 1. The van der Waals surface area contributed by atoms with E-state index < -0.39 is 21.9 Å². The number of phenolic OH excluding ortho intramolecular Hbond substituents is 1. The van der Waals surface area contributed by atoms with Gasteiger partial charge in [-0.05, 0) is 24.6 Å². The van der Waals surface area contributed by atoms with Crippen molar-refractivity contribution in [2.45, 2.75) is 17.7 Å². The molecule has 1 amide bonds. The maximum Gasteiger partial charge on any atom is 0.341 e. The molecule has 0 saturated carbocycles. The summed E-state index contributed by atoms with van der Waals surface area (Å²) < 4.78 is 30.7. The van der Waals surface area contributed by atoms with Gasteiger partial charge >= 0.3 is 5.97 Å². The molecule has 1 aromatic rings. The number of primary amides is 1. The van der Waals surface area contributed by atoms with Crippen molar-refractivity contribution in [3.8, 4) is 5.75 Å². The first-order valence-electron chi connectivity index (χ1n) is 5.97. The van der Waals surface area contributed by atoms with Crippen molar-refractivity contribution >= 4 is 21.9 Å². The van der Waals surface area contributed by atoms with Gasteiger partial charge in [-0.15, -0.1) is 0 Å². The number of esters is 1. The second-order valence-electron chi connectivity index (χ2n) is 4.14. The first-order chi connectivity index (χ1) is 9.77. The van der Waals surface area contributed by atoms with Gasteiger partial charge in [0.15, 0.2) is 0 Å². The fourth-order valence-corrected chi connectivity index (χ4v) is 2.61. The topological polar surface area (TPSA) is 136 Å². The molecule has 0 aromatic heterocycles. The van der Waals surface area contributed by atoms with Crippen molar-refractivity contribution in [2.75, 3.05) is 13.7 Å². The van der Waals surface area contributed by atoms with Gasteiger partial charge in [0.2, 0.25) is 15.9 Å². The van der Waals surface area contributed by atoms with Gasteiger partial charge in [-0.3, -0.25) is 4.79 Å². The van der Waals surface area contributed by atoms with Crippen LogP contribution < -0.4 is 10.5 Å². The maximum absolute atomic E-state index is 12.0. The van der Waals surface area contributed by atoms with Crippen molar-refractivity contribution in [3.63, 3.8) is 0 Å². The van der Waals surface area contributed by atoms with Crippen LogP contribution in [0.1, 0.15) is 23.2 Å². The van der Waals surface area contributed by atoms with Crippen molar-refractivity contribution in [3.05, 3.63) is 23.8 Å². The Morgan fingerprint density at radius 1 is 1.38 bits per heavy atom. The molecule has 21 heavy (non-hydrogen) atoms. The van der Waals surface area contributed by atoms with Crippen LogP contribution in [0.5, 0.6) is 5.75 Å². The Balaban J connectivity index is 2.88. The summed E-state index contributed by atoms with van der Waals surface area (Å²) >= 11 is 0. The summed E-state index contributed by atoms with van der Waals surface area (Å²) in [4.78, 5) is 21.8. The van der Waals surface area contributed by atoms with Gasteiger partial charge in [0.1, 0.15) is 11.3 Å². The van der Waals surface area contributed by atoms with E-state index in [4.69, 9.17) is 5.73 Å². The lowest BCUT2D eigenvalue weighted by Crippen LogP contribution is -2.26. The summed E-state index contributed by atoms with van der Waals surface area (Å²) in [5, 5.41) is 9.51. The molecule has 1 rings (SSSR count). The second kappa shape index (κ2) is 7.04. The van der Waals surface area contributed by atoms with Crippen molar-refractivity contribution in [1.29, 1.82) is 0 Å². The second-order valence-corrected chi connectivity index (χ2v) is 5.91. The number of amides is 1. The van der Waals surface area contributed by atoms with E-state index in [1.54, 1.807) is 0 Å². The molecule has 0 atom stereocenters. The van der Waals surface area contributed by atoms with Gasteiger partial charge in [0.25, 0.3) is 0 Å². The minimum Gasteiger partial charge on any atom is -0.507 e. The molecule has 8 nitrogen and oxygen atoms in total. The Hall–Kier alpha value is -2.13. The fraction of sp³-hybridized carbons (Fsp3) is 0.333. The highest BCUT2D eigenvalue weighted by atomic mass is 32.2. The smallest absolute Gasteiger partial charge is 0.341 e. The van der Waals surface area contributed by atoms with Gasteiger partial charge in [0.05, 0.1) is 12.0 Å². The van der Waals surface area contributed by atoms with Crippen LogP contribution in [0, 0.1) is 0 Å². The van der Waals surface area contributed by atoms with Crippen LogP contribution in [-0.4, -0.2) is 39.1 Å². The third kappa shape index (κ3) is 4.72. The molecule has 0 radical (unpaired) electrons. The van der Waals surface area contributed by atoms with Crippen molar-refractivity contribution in [1.82, 2.24) is 4.72 Å². The van der Waals surface area contributed by atoms with Crippen LogP contribution in [0.2, 0.25) is 0 Å². The molecule has 0 saturated heterocycles. The highest BCUT2D eigenvalue weighted by molar-refractivity contribution is 7.89. The lowest BCUT2D eigenvalue weighted by atomic mass is 10.2. The van der Waals surface area contributed by atoms with Crippen LogP contribution in [0.25, 0.3) is 0 Å². The number of carbonyl (C=O) groups excluding carboxylic acids is 2. The predicted molar refractivity (Wildman–Crippen MR) is 73.1 cm³/mol. The molecular weight excluding hydrogens is 300 g/mol. The molecular formula is C12H16N2O6S. The number of hydrogen-bond donors (Lipinski definition) is 3. The number of nitrogens with one attached hydrogen (secondary N) is 1. The molecule has 0 aliphatic heterocycles. The number of hydrogen-bond acceptors (Lipinski definition) is 6. The Morgan fingerprint density at radius 2 is 2.05 bits per heavy atom. The molecule has 0 heterocycles. The lowest BCUT2D eigenvalue weighted by Gasteiger charge is -2.08. The Morgan fingerprint density at radius 3 is 2.62 bits per heavy atom. The Kier molecular flexibility index (Phi) is 5.68. The lowest BCUT2D eigenvalue weighted by molar-refractivity contribution is -0.118. The van der Waals surface area contributed by atoms with Gasteiger partial charge in [-0.25, -0.2) is 17.9 Å². The standard InChI is InChI=1S/C12H16N2O6S/c1-20-12(17)9-7-8(4-5-10(9)15)21(18,19)14-6-2-3-11(13)16/h4-5,7,14-15H,2-3,6H2,1H3,(H2,13,16). The summed E-state index contributed by atoms with van der Waals surface area (Å²) in [6.07, 6.45) is 0.321. The van der Waals surface area contributed by atoms with E-state index in [1.165, 1.54) is 0 Å². The summed E-state index contributed by atoms with van der Waals surface area (Å²) in [6.45, 7) is 0.0275. The fourth-order valence-electron chi connectivity index (χ4n) is 1.51. The zero-order valence-electron chi connectivity index (χ0n) is 11.3. The zero-order chi connectivity index (χ0) is 16.0. The van der Waals surface area contributed by atoms with E-state index in [0.29, 0.717) is 0 Å². The van der Waals surface area contributed by atoms with Crippen LogP contribution in [-0.2, 0) is 19.6 Å². The average Bonchev–Trinajstić information content (AvgIpc) is 2.43. The Labute approximate surface area is 122 Å². The van der Waals surface area contributed by atoms with E-state index in [2.05, 4.69) is 9.46 Å². The summed E-state index contributed by atoms with van der Waals surface area (Å²) in [5.41, 5.74) is 4.69. The van der Waals surface area contributed by atoms with Crippen LogP contribution in [0.3, 0.4) is 0 Å². The van der Waals surface area contributed by atoms with Gasteiger partial charge in [-0.2, -0.15) is 0 Å². The number of benzene rings is 1. The molecule has 1 aromatic carbocycles. The highest BCUT2D eigenvalue weighted by Crippen LogP contribution is 2.22. The summed E-state index contributed by atoms with van der Waals surface area (Å²) in [7, 11) is -2.74. The molecule has 0 bridgehead atoms. The van der Waals surface area contributed by atoms with E-state index in [-0.39, 0.29) is 35.6 Å². The molecule has 0 spiro atoms. The van der Waals surface area contributed by atoms with E-state index in [1.807, 2.05) is 0 Å². The number of nitrogens with two attached hydrogens (primary N) is 1. The first kappa shape index (κ1) is 16.9. The van der Waals surface area contributed by atoms with Gasteiger partial charge in [0, 0.05) is 13.0 Å². The quantitative estimate of drug-likeness (QED) is 0.467. The maximum atomic E-state index is 12.0. The minimum absolute atomic E-state index is 0.0275. The summed E-state index contributed by atoms with van der Waals surface area (Å²) in [5.74, 6) is -1.75. The molecule has 4 N–H and O–H groups in total. The average molecular weight is 316 g/mol. The van der Waals surface area contributed by atoms with E-state index in [9.17, 15) is 23.1 Å². The molecule has 116 valence electrons. The van der Waals surface area contributed by atoms with E-state index in [0.717, 1.165) is 25.3 Å². The van der Waals surface area contributed by atoms with Crippen LogP contribution >= 0.6 is 0 Å². The van der Waals surface area contributed by atoms with E-state index >= 15 is 0 Å². The minimum atomic E-state index is -3.86. The van der Waals surface area contributed by atoms with Gasteiger partial charge < -0.3 is 15.6 Å². The third-order valence-electron chi connectivity index (χ3n) is 2.58. The van der Waals surface area contributed by atoms with Gasteiger partial charge in [-0.1, -0.05) is 0 Å². The molecule has 0 unspecified atom stereocenters. The number of carbonyl (C=O) groups is 2. The van der Waals surface area contributed by atoms with Crippen molar-refractivity contribution < 1.29 is 27.9 Å². The first-order valence-corrected chi connectivity index (χ1v) is 7.45. The predicted octanol–water partition coefficient (Wildman–Crippen LogP) is -0.277. The molecule has 0 fully saturated rings. The van der Waals surface area contributed by atoms with Crippen molar-refractivity contribution in [2.24, 2.45) is 5.73 Å². The number of ether oxygens (including phenoxy) is 1. The largest absolute Gasteiger partial charge is 0.507 e. The molecule has 0 aliphatic rings. The number of aromatic hydroxyl groups is 1. The highest BCUT2D eigenvalue weighted by Gasteiger charge is 2.19. The number of sulfonamides is 1.